The van der Waals surface area contributed by atoms with Gasteiger partial charge in [-0.05, 0) is 33.8 Å². The third-order valence-electron chi connectivity index (χ3n) is 2.85. The summed E-state index contributed by atoms with van der Waals surface area (Å²) in [5.74, 6) is 0. The van der Waals surface area contributed by atoms with Gasteiger partial charge in [0.05, 0.1) is 16.6 Å². The first-order valence-corrected chi connectivity index (χ1v) is 5.46. The second-order valence-corrected chi connectivity index (χ2v) is 4.78. The summed E-state index contributed by atoms with van der Waals surface area (Å²) in [5.41, 5.74) is 0.450. The summed E-state index contributed by atoms with van der Waals surface area (Å²) in [4.78, 5) is 10.4. The second-order valence-electron chi connectivity index (χ2n) is 4.78. The molecule has 0 aliphatic carbocycles. The molecular formula is C12H18N2O3. The highest BCUT2D eigenvalue weighted by Gasteiger charge is 2.22. The molecule has 1 aromatic carbocycles. The van der Waals surface area contributed by atoms with Crippen LogP contribution in [0.4, 0.5) is 11.4 Å². The Kier molecular flexibility index (Phi) is 3.72. The van der Waals surface area contributed by atoms with Gasteiger partial charge in [-0.3, -0.25) is 10.1 Å². The lowest BCUT2D eigenvalue weighted by Gasteiger charge is -2.27. The molecule has 0 amide bonds. The number of benzene rings is 1. The molecule has 1 rings (SSSR count). The van der Waals surface area contributed by atoms with E-state index < -0.39 is 10.5 Å². The van der Waals surface area contributed by atoms with Crippen molar-refractivity contribution in [2.45, 2.75) is 39.3 Å². The molecule has 0 bridgehead atoms. The van der Waals surface area contributed by atoms with Crippen LogP contribution >= 0.6 is 0 Å². The van der Waals surface area contributed by atoms with Crippen LogP contribution in [0, 0.1) is 17.0 Å². The number of rotatable bonds is 4. The Morgan fingerprint density at radius 2 is 2.06 bits per heavy atom. The number of hydrogen-bond donors (Lipinski definition) is 2. The van der Waals surface area contributed by atoms with E-state index in [9.17, 15) is 15.2 Å². The zero-order valence-electron chi connectivity index (χ0n) is 10.5. The van der Waals surface area contributed by atoms with E-state index in [0.717, 1.165) is 0 Å². The predicted molar refractivity (Wildman–Crippen MR) is 67.2 cm³/mol. The molecule has 17 heavy (non-hydrogen) atoms. The molecule has 0 fully saturated rings. The van der Waals surface area contributed by atoms with Crippen molar-refractivity contribution in [2.75, 3.05) is 5.32 Å². The molecule has 1 atom stereocenters. The molecule has 94 valence electrons. The van der Waals surface area contributed by atoms with Crippen molar-refractivity contribution in [3.05, 3.63) is 33.9 Å². The van der Waals surface area contributed by atoms with Crippen LogP contribution in [0.5, 0.6) is 0 Å². The minimum Gasteiger partial charge on any atom is -0.388 e. The van der Waals surface area contributed by atoms with Crippen LogP contribution in [-0.4, -0.2) is 21.7 Å². The maximum absolute atomic E-state index is 10.8. The van der Waals surface area contributed by atoms with Gasteiger partial charge in [0.1, 0.15) is 0 Å². The molecule has 0 radical (unpaired) electrons. The Morgan fingerprint density at radius 3 is 2.53 bits per heavy atom. The van der Waals surface area contributed by atoms with Gasteiger partial charge in [0.2, 0.25) is 0 Å². The van der Waals surface area contributed by atoms with E-state index in [2.05, 4.69) is 5.32 Å². The summed E-state index contributed by atoms with van der Waals surface area (Å²) in [7, 11) is 0. The highest BCUT2D eigenvalue weighted by molar-refractivity contribution is 5.55. The van der Waals surface area contributed by atoms with Crippen LogP contribution in [0.1, 0.15) is 26.3 Å². The molecule has 1 aromatic rings. The Labute approximate surface area is 101 Å². The Morgan fingerprint density at radius 1 is 1.47 bits per heavy atom. The number of nitrogens with one attached hydrogen (secondary N) is 1. The molecule has 0 saturated heterocycles. The summed E-state index contributed by atoms with van der Waals surface area (Å²) in [5, 5.41) is 23.6. The predicted octanol–water partition coefficient (Wildman–Crippen LogP) is 2.47. The van der Waals surface area contributed by atoms with Crippen molar-refractivity contribution < 1.29 is 10.0 Å². The van der Waals surface area contributed by atoms with E-state index in [0.29, 0.717) is 11.3 Å². The SMILES string of the molecule is Cc1ccc(NC(C)C(C)(C)O)cc1[N+](=O)[O-]. The first kappa shape index (κ1) is 13.4. The average Bonchev–Trinajstić information content (AvgIpc) is 2.19. The van der Waals surface area contributed by atoms with E-state index in [4.69, 9.17) is 0 Å². The van der Waals surface area contributed by atoms with Gasteiger partial charge in [0.15, 0.2) is 0 Å². The molecule has 0 aromatic heterocycles. The Balaban J connectivity index is 2.94. The monoisotopic (exact) mass is 238 g/mol. The first-order valence-electron chi connectivity index (χ1n) is 5.46. The van der Waals surface area contributed by atoms with Crippen molar-refractivity contribution in [3.63, 3.8) is 0 Å². The molecule has 0 heterocycles. The molecule has 2 N–H and O–H groups in total. The van der Waals surface area contributed by atoms with Crippen LogP contribution in [0.15, 0.2) is 18.2 Å². The van der Waals surface area contributed by atoms with E-state index in [1.54, 1.807) is 32.9 Å². The molecule has 0 aliphatic rings. The number of anilines is 1. The van der Waals surface area contributed by atoms with E-state index in [1.165, 1.54) is 6.07 Å². The number of aryl methyl sites for hydroxylation is 1. The fourth-order valence-corrected chi connectivity index (χ4v) is 1.32. The maximum atomic E-state index is 10.8. The third-order valence-corrected chi connectivity index (χ3v) is 2.85. The standard InChI is InChI=1S/C12H18N2O3/c1-8-5-6-10(7-11(8)14(16)17)13-9(2)12(3,4)15/h5-7,9,13,15H,1-4H3. The van der Waals surface area contributed by atoms with Crippen LogP contribution in [0.3, 0.4) is 0 Å². The quantitative estimate of drug-likeness (QED) is 0.624. The van der Waals surface area contributed by atoms with Gasteiger partial charge >= 0.3 is 0 Å². The van der Waals surface area contributed by atoms with Crippen LogP contribution in [-0.2, 0) is 0 Å². The molecule has 1 unspecified atom stereocenters. The molecule has 0 saturated carbocycles. The lowest BCUT2D eigenvalue weighted by molar-refractivity contribution is -0.385. The van der Waals surface area contributed by atoms with Gasteiger partial charge in [-0.2, -0.15) is 0 Å². The molecule has 5 nitrogen and oxygen atoms in total. The number of aliphatic hydroxyl groups is 1. The maximum Gasteiger partial charge on any atom is 0.274 e. The normalized spacial score (nSPS) is 13.2. The second kappa shape index (κ2) is 4.71. The van der Waals surface area contributed by atoms with E-state index >= 15 is 0 Å². The van der Waals surface area contributed by atoms with E-state index in [1.807, 2.05) is 6.92 Å². The smallest absolute Gasteiger partial charge is 0.274 e. The van der Waals surface area contributed by atoms with Crippen molar-refractivity contribution in [3.8, 4) is 0 Å². The molecule has 0 aliphatic heterocycles. The van der Waals surface area contributed by atoms with Gasteiger partial charge in [-0.1, -0.05) is 6.07 Å². The van der Waals surface area contributed by atoms with Crippen molar-refractivity contribution in [1.82, 2.24) is 0 Å². The molecule has 0 spiro atoms. The summed E-state index contributed by atoms with van der Waals surface area (Å²) < 4.78 is 0. The number of nitrogens with zero attached hydrogens (tertiary/aromatic N) is 1. The highest BCUT2D eigenvalue weighted by Crippen LogP contribution is 2.24. The minimum atomic E-state index is -0.889. The number of nitro benzene ring substituents is 1. The third kappa shape index (κ3) is 3.42. The van der Waals surface area contributed by atoms with E-state index in [-0.39, 0.29) is 11.7 Å². The van der Waals surface area contributed by atoms with Crippen molar-refractivity contribution in [2.24, 2.45) is 0 Å². The summed E-state index contributed by atoms with van der Waals surface area (Å²) in [6.45, 7) is 6.90. The lowest BCUT2D eigenvalue weighted by atomic mass is 10.0. The minimum absolute atomic E-state index is 0.0814. The van der Waals surface area contributed by atoms with Gasteiger partial charge in [0.25, 0.3) is 5.69 Å². The molecule has 5 heteroatoms. The van der Waals surface area contributed by atoms with Crippen LogP contribution in [0.25, 0.3) is 0 Å². The number of hydrogen-bond acceptors (Lipinski definition) is 4. The van der Waals surface area contributed by atoms with Crippen LogP contribution in [0.2, 0.25) is 0 Å². The summed E-state index contributed by atoms with van der Waals surface area (Å²) >= 11 is 0. The average molecular weight is 238 g/mol. The zero-order valence-corrected chi connectivity index (χ0v) is 10.5. The van der Waals surface area contributed by atoms with Gasteiger partial charge in [-0.25, -0.2) is 0 Å². The lowest BCUT2D eigenvalue weighted by Crippen LogP contribution is -2.39. The zero-order chi connectivity index (χ0) is 13.2. The molecular weight excluding hydrogens is 220 g/mol. The number of nitro groups is 1. The van der Waals surface area contributed by atoms with Gasteiger partial charge < -0.3 is 10.4 Å². The summed E-state index contributed by atoms with van der Waals surface area (Å²) in [6, 6.07) is 4.74. The van der Waals surface area contributed by atoms with Crippen molar-refractivity contribution >= 4 is 11.4 Å². The Hall–Kier alpha value is -1.62. The highest BCUT2D eigenvalue weighted by atomic mass is 16.6. The Bertz CT molecular complexity index is 424. The largest absolute Gasteiger partial charge is 0.388 e. The van der Waals surface area contributed by atoms with Crippen LogP contribution < -0.4 is 5.32 Å². The first-order chi connectivity index (χ1) is 7.71. The van der Waals surface area contributed by atoms with Crippen molar-refractivity contribution in [1.29, 1.82) is 0 Å². The summed E-state index contributed by atoms with van der Waals surface area (Å²) in [6.07, 6.45) is 0. The fraction of sp³-hybridized carbons (Fsp3) is 0.500. The van der Waals surface area contributed by atoms with Gasteiger partial charge in [0, 0.05) is 17.3 Å². The van der Waals surface area contributed by atoms with Gasteiger partial charge in [-0.15, -0.1) is 0 Å². The topological polar surface area (TPSA) is 75.4 Å². The fourth-order valence-electron chi connectivity index (χ4n) is 1.32.